The summed E-state index contributed by atoms with van der Waals surface area (Å²) in [7, 11) is -2.56. The molecule has 31 heavy (non-hydrogen) atoms. The van der Waals surface area contributed by atoms with Crippen LogP contribution in [0, 0.1) is 5.82 Å². The van der Waals surface area contributed by atoms with Gasteiger partial charge in [-0.3, -0.25) is 13.9 Å². The van der Waals surface area contributed by atoms with E-state index in [1.807, 2.05) is 0 Å². The highest BCUT2D eigenvalue weighted by Gasteiger charge is 2.34. The Kier molecular flexibility index (Phi) is 7.22. The molecule has 1 aliphatic rings. The molecule has 1 aromatic carbocycles. The summed E-state index contributed by atoms with van der Waals surface area (Å²) in [5.41, 5.74) is 4.97. The minimum atomic E-state index is -3.77. The molecule has 0 amide bonds. The third-order valence-corrected chi connectivity index (χ3v) is 6.99. The molecular formula is C19H24FN4O6P. The number of halogens is 1. The Labute approximate surface area is 178 Å². The topological polar surface area (TPSA) is 135 Å². The number of benzene rings is 1. The van der Waals surface area contributed by atoms with Gasteiger partial charge in [-0.05, 0) is 50.1 Å². The van der Waals surface area contributed by atoms with Crippen LogP contribution in [0.3, 0.4) is 0 Å². The van der Waals surface area contributed by atoms with E-state index in [0.29, 0.717) is 12.8 Å². The van der Waals surface area contributed by atoms with Gasteiger partial charge in [0.25, 0.3) is 0 Å². The SMILES string of the molecule is COC(=O)C(C)NP(=O)(OC[C@@H]1CC[C@H](n2ccc(N)nc2=O)O1)c1ccc(F)cc1. The van der Waals surface area contributed by atoms with Crippen LogP contribution in [0.15, 0.2) is 41.3 Å². The quantitative estimate of drug-likeness (QED) is 0.447. The van der Waals surface area contributed by atoms with Crippen LogP contribution in [0.1, 0.15) is 26.0 Å². The van der Waals surface area contributed by atoms with Crippen LogP contribution in [0.4, 0.5) is 10.2 Å². The maximum atomic E-state index is 13.6. The fourth-order valence-corrected chi connectivity index (χ4v) is 5.06. The number of anilines is 1. The van der Waals surface area contributed by atoms with E-state index in [1.165, 1.54) is 43.0 Å². The molecule has 1 aromatic heterocycles. The highest BCUT2D eigenvalue weighted by atomic mass is 31.2. The van der Waals surface area contributed by atoms with Crippen LogP contribution < -0.4 is 21.8 Å². The number of nitrogen functional groups attached to an aromatic ring is 1. The number of ether oxygens (including phenoxy) is 2. The van der Waals surface area contributed by atoms with Gasteiger partial charge in [0.15, 0.2) is 0 Å². The van der Waals surface area contributed by atoms with E-state index in [1.54, 1.807) is 0 Å². The Morgan fingerprint density at radius 3 is 2.74 bits per heavy atom. The number of nitrogens with two attached hydrogens (primary N) is 1. The first-order valence-electron chi connectivity index (χ1n) is 9.58. The summed E-state index contributed by atoms with van der Waals surface area (Å²) in [6.45, 7) is 1.40. The molecule has 2 aromatic rings. The molecule has 0 saturated carbocycles. The molecule has 0 bridgehead atoms. The molecule has 0 aliphatic carbocycles. The van der Waals surface area contributed by atoms with Gasteiger partial charge in [0.05, 0.1) is 25.1 Å². The summed E-state index contributed by atoms with van der Waals surface area (Å²) >= 11 is 0. The van der Waals surface area contributed by atoms with E-state index in [-0.39, 0.29) is 17.7 Å². The molecule has 2 heterocycles. The van der Waals surface area contributed by atoms with Crippen molar-refractivity contribution in [1.82, 2.24) is 14.6 Å². The number of methoxy groups -OCH3 is 1. The number of hydrogen-bond acceptors (Lipinski definition) is 8. The molecule has 10 nitrogen and oxygen atoms in total. The predicted octanol–water partition coefficient (Wildman–Crippen LogP) is 1.33. The molecule has 12 heteroatoms. The van der Waals surface area contributed by atoms with E-state index >= 15 is 0 Å². The number of nitrogens with one attached hydrogen (secondary N) is 1. The van der Waals surface area contributed by atoms with Gasteiger partial charge in [0, 0.05) is 6.20 Å². The first kappa shape index (κ1) is 23.1. The van der Waals surface area contributed by atoms with E-state index in [4.69, 9.17) is 15.0 Å². The molecule has 168 valence electrons. The monoisotopic (exact) mass is 454 g/mol. The van der Waals surface area contributed by atoms with Crippen LogP contribution in [-0.2, 0) is 23.4 Å². The molecule has 0 radical (unpaired) electrons. The van der Waals surface area contributed by atoms with Crippen molar-refractivity contribution in [3.63, 3.8) is 0 Å². The molecule has 3 N–H and O–H groups in total. The Morgan fingerprint density at radius 2 is 2.10 bits per heavy atom. The lowest BCUT2D eigenvalue weighted by Gasteiger charge is -2.24. The molecule has 3 rings (SSSR count). The number of aromatic nitrogens is 2. The largest absolute Gasteiger partial charge is 0.468 e. The number of carbonyl (C=O) groups excluding carboxylic acids is 1. The average molecular weight is 454 g/mol. The third kappa shape index (κ3) is 5.56. The van der Waals surface area contributed by atoms with Crippen molar-refractivity contribution in [3.05, 3.63) is 52.8 Å². The van der Waals surface area contributed by atoms with Gasteiger partial charge >= 0.3 is 19.2 Å². The first-order valence-corrected chi connectivity index (χ1v) is 11.2. The third-order valence-electron chi connectivity index (χ3n) is 4.77. The van der Waals surface area contributed by atoms with Crippen molar-refractivity contribution < 1.29 is 27.7 Å². The van der Waals surface area contributed by atoms with Gasteiger partial charge in [0.2, 0.25) is 0 Å². The van der Waals surface area contributed by atoms with Crippen molar-refractivity contribution in [3.8, 4) is 0 Å². The zero-order valence-electron chi connectivity index (χ0n) is 17.1. The zero-order chi connectivity index (χ0) is 22.6. The Balaban J connectivity index is 1.71. The summed E-state index contributed by atoms with van der Waals surface area (Å²) in [6, 6.07) is 5.51. The second kappa shape index (κ2) is 9.69. The minimum absolute atomic E-state index is 0.0802. The Bertz CT molecular complexity index is 1030. The fourth-order valence-electron chi connectivity index (χ4n) is 3.16. The second-order valence-electron chi connectivity index (χ2n) is 7.03. The minimum Gasteiger partial charge on any atom is -0.468 e. The molecule has 0 spiro atoms. The molecular weight excluding hydrogens is 430 g/mol. The maximum Gasteiger partial charge on any atom is 0.351 e. The standard InChI is InChI=1S/C19H24FN4O6P/c1-12(18(25)28-2)23-31(27,15-6-3-13(20)4-7-15)29-11-14-5-8-17(30-14)24-10-9-16(21)22-19(24)26/h3-4,6-7,9-10,12,14,17H,5,8,11H2,1-2H3,(H,23,27)(H2,21,22,26)/t12?,14-,17+,31?/m0/s1. The molecule has 1 saturated heterocycles. The summed E-state index contributed by atoms with van der Waals surface area (Å²) in [5, 5.41) is 2.86. The van der Waals surface area contributed by atoms with E-state index in [9.17, 15) is 18.5 Å². The lowest BCUT2D eigenvalue weighted by atomic mass is 10.2. The van der Waals surface area contributed by atoms with Crippen molar-refractivity contribution in [1.29, 1.82) is 0 Å². The summed E-state index contributed by atoms with van der Waals surface area (Å²) in [6.07, 6.45) is 1.55. The fraction of sp³-hybridized carbons (Fsp3) is 0.421. The maximum absolute atomic E-state index is 13.6. The molecule has 2 unspecified atom stereocenters. The lowest BCUT2D eigenvalue weighted by molar-refractivity contribution is -0.142. The summed E-state index contributed by atoms with van der Waals surface area (Å²) in [5.74, 6) is -1.01. The van der Waals surface area contributed by atoms with E-state index in [2.05, 4.69) is 14.8 Å². The van der Waals surface area contributed by atoms with Crippen molar-refractivity contribution in [2.75, 3.05) is 19.5 Å². The Morgan fingerprint density at radius 1 is 1.39 bits per heavy atom. The molecule has 1 fully saturated rings. The van der Waals surface area contributed by atoms with Gasteiger partial charge in [0.1, 0.15) is 23.9 Å². The number of rotatable bonds is 8. The summed E-state index contributed by atoms with van der Waals surface area (Å²) in [4.78, 5) is 27.5. The zero-order valence-corrected chi connectivity index (χ0v) is 18.0. The van der Waals surface area contributed by atoms with Crippen LogP contribution in [0.25, 0.3) is 0 Å². The van der Waals surface area contributed by atoms with Gasteiger partial charge in [-0.25, -0.2) is 14.3 Å². The van der Waals surface area contributed by atoms with Crippen molar-refractivity contribution >= 4 is 24.6 Å². The predicted molar refractivity (Wildman–Crippen MR) is 110 cm³/mol. The second-order valence-corrected chi connectivity index (χ2v) is 9.17. The molecule has 4 atom stereocenters. The van der Waals surface area contributed by atoms with Crippen LogP contribution >= 0.6 is 7.52 Å². The van der Waals surface area contributed by atoms with Crippen LogP contribution in [-0.4, -0.2) is 41.4 Å². The average Bonchev–Trinajstić information content (AvgIpc) is 3.20. The van der Waals surface area contributed by atoms with Crippen molar-refractivity contribution in [2.45, 2.75) is 38.1 Å². The van der Waals surface area contributed by atoms with Gasteiger partial charge in [-0.1, -0.05) is 0 Å². The highest BCUT2D eigenvalue weighted by Crippen LogP contribution is 2.43. The smallest absolute Gasteiger partial charge is 0.351 e. The van der Waals surface area contributed by atoms with Gasteiger partial charge < -0.3 is 19.7 Å². The van der Waals surface area contributed by atoms with Gasteiger partial charge in [-0.15, -0.1) is 0 Å². The Hall–Kier alpha value is -2.59. The molecule has 1 aliphatic heterocycles. The van der Waals surface area contributed by atoms with Crippen LogP contribution in [0.5, 0.6) is 0 Å². The van der Waals surface area contributed by atoms with Crippen molar-refractivity contribution in [2.24, 2.45) is 0 Å². The van der Waals surface area contributed by atoms with Crippen LogP contribution in [0.2, 0.25) is 0 Å². The van der Waals surface area contributed by atoms with E-state index < -0.39 is 43.4 Å². The number of hydrogen-bond donors (Lipinski definition) is 2. The normalized spacial score (nSPS) is 21.4. The lowest BCUT2D eigenvalue weighted by Crippen LogP contribution is -2.36. The number of nitrogens with zero attached hydrogens (tertiary/aromatic N) is 2. The highest BCUT2D eigenvalue weighted by molar-refractivity contribution is 7.65. The number of esters is 1. The summed E-state index contributed by atoms with van der Waals surface area (Å²) < 4.78 is 44.4. The van der Waals surface area contributed by atoms with Gasteiger partial charge in [-0.2, -0.15) is 4.98 Å². The first-order chi connectivity index (χ1) is 14.7. The van der Waals surface area contributed by atoms with E-state index in [0.717, 1.165) is 12.1 Å². The number of carbonyl (C=O) groups is 1.